The Morgan fingerprint density at radius 3 is 2.73 bits per heavy atom. The molecule has 2 aromatic heterocycles. The number of hydrogen-bond donors (Lipinski definition) is 3. The van der Waals surface area contributed by atoms with E-state index in [2.05, 4.69) is 9.97 Å². The predicted molar refractivity (Wildman–Crippen MR) is 74.4 cm³/mol. The van der Waals surface area contributed by atoms with Gasteiger partial charge in [0.1, 0.15) is 29.8 Å². The van der Waals surface area contributed by atoms with Crippen molar-refractivity contribution < 1.29 is 24.4 Å². The van der Waals surface area contributed by atoms with Crippen LogP contribution >= 0.6 is 0 Å². The van der Waals surface area contributed by atoms with Crippen LogP contribution in [-0.4, -0.2) is 53.8 Å². The third-order valence-corrected chi connectivity index (χ3v) is 4.18. The first kappa shape index (κ1) is 15.3. The SMILES string of the molecule is Cc1ncnc2c1c(F)cn2[C@@H]1O[C@H]([C@H](C)O)[C@@H](O)[C@@]1(C)O. The number of fused-ring (bicyclic) bond motifs is 1. The molecule has 0 unspecified atom stereocenters. The molecule has 0 radical (unpaired) electrons. The number of aliphatic hydroxyl groups excluding tert-OH is 2. The average Bonchev–Trinajstić information content (AvgIpc) is 2.87. The molecule has 0 amide bonds. The molecule has 1 fully saturated rings. The van der Waals surface area contributed by atoms with Gasteiger partial charge >= 0.3 is 0 Å². The maximum absolute atomic E-state index is 14.2. The second-order valence-corrected chi connectivity index (χ2v) is 5.91. The molecule has 7 nitrogen and oxygen atoms in total. The van der Waals surface area contributed by atoms with Crippen LogP contribution in [0.25, 0.3) is 11.0 Å². The van der Waals surface area contributed by atoms with Crippen LogP contribution < -0.4 is 0 Å². The normalized spacial score (nSPS) is 33.5. The van der Waals surface area contributed by atoms with Crippen LogP contribution in [0.3, 0.4) is 0 Å². The predicted octanol–water partition coefficient (Wildman–Crippen LogP) is 0.269. The summed E-state index contributed by atoms with van der Waals surface area (Å²) < 4.78 is 21.1. The molecule has 3 N–H and O–H groups in total. The second-order valence-electron chi connectivity index (χ2n) is 5.91. The van der Waals surface area contributed by atoms with Crippen LogP contribution in [0, 0.1) is 12.7 Å². The smallest absolute Gasteiger partial charge is 0.167 e. The number of aryl methyl sites for hydroxylation is 1. The highest BCUT2D eigenvalue weighted by atomic mass is 19.1. The summed E-state index contributed by atoms with van der Waals surface area (Å²) in [5.41, 5.74) is -0.987. The van der Waals surface area contributed by atoms with Crippen molar-refractivity contribution in [1.29, 1.82) is 0 Å². The van der Waals surface area contributed by atoms with Gasteiger partial charge < -0.3 is 20.1 Å². The van der Waals surface area contributed by atoms with E-state index in [0.717, 1.165) is 6.20 Å². The molecule has 3 heterocycles. The molecular formula is C14H18FN3O4. The molecule has 0 spiro atoms. The molecule has 0 saturated carbocycles. The van der Waals surface area contributed by atoms with Gasteiger partial charge in [-0.3, -0.25) is 4.57 Å². The molecule has 0 aliphatic carbocycles. The summed E-state index contributed by atoms with van der Waals surface area (Å²) in [7, 11) is 0. The maximum atomic E-state index is 14.2. The first-order valence-electron chi connectivity index (χ1n) is 6.96. The first-order chi connectivity index (χ1) is 10.2. The molecule has 3 rings (SSSR count). The van der Waals surface area contributed by atoms with Crippen molar-refractivity contribution in [2.45, 2.75) is 50.9 Å². The lowest BCUT2D eigenvalue weighted by Crippen LogP contribution is -2.45. The van der Waals surface area contributed by atoms with E-state index < -0.39 is 36.0 Å². The van der Waals surface area contributed by atoms with Crippen LogP contribution in [0.1, 0.15) is 25.8 Å². The van der Waals surface area contributed by atoms with Crippen LogP contribution in [0.5, 0.6) is 0 Å². The molecule has 22 heavy (non-hydrogen) atoms. The van der Waals surface area contributed by atoms with Crippen molar-refractivity contribution in [3.63, 3.8) is 0 Å². The van der Waals surface area contributed by atoms with Gasteiger partial charge in [0.05, 0.1) is 17.2 Å². The maximum Gasteiger partial charge on any atom is 0.167 e. The highest BCUT2D eigenvalue weighted by Gasteiger charge is 2.54. The van der Waals surface area contributed by atoms with E-state index in [-0.39, 0.29) is 11.0 Å². The van der Waals surface area contributed by atoms with Crippen molar-refractivity contribution in [3.05, 3.63) is 24.0 Å². The summed E-state index contributed by atoms with van der Waals surface area (Å²) in [6.07, 6.45) is -1.93. The van der Waals surface area contributed by atoms with E-state index in [1.165, 1.54) is 24.7 Å². The van der Waals surface area contributed by atoms with E-state index in [9.17, 15) is 19.7 Å². The lowest BCUT2D eigenvalue weighted by Gasteiger charge is -2.27. The Bertz CT molecular complexity index is 715. The van der Waals surface area contributed by atoms with E-state index in [1.807, 2.05) is 0 Å². The lowest BCUT2D eigenvalue weighted by molar-refractivity contribution is -0.0986. The fourth-order valence-corrected chi connectivity index (χ4v) is 2.93. The standard InChI is InChI=1S/C14H18FN3O4/c1-6-9-8(15)4-18(12(9)17-5-16-6)13-14(3,21)11(20)10(22-13)7(2)19/h4-5,7,10-11,13,19-21H,1-3H3/t7-,10+,11+,13+,14+/m0/s1. The summed E-state index contributed by atoms with van der Waals surface area (Å²) in [4.78, 5) is 7.99. The van der Waals surface area contributed by atoms with Crippen LogP contribution in [0.15, 0.2) is 12.5 Å². The van der Waals surface area contributed by atoms with Crippen molar-refractivity contribution in [2.24, 2.45) is 0 Å². The van der Waals surface area contributed by atoms with Crippen molar-refractivity contribution in [1.82, 2.24) is 14.5 Å². The fourth-order valence-electron chi connectivity index (χ4n) is 2.93. The molecule has 1 aliphatic heterocycles. The number of nitrogens with zero attached hydrogens (tertiary/aromatic N) is 3. The molecule has 5 atom stereocenters. The average molecular weight is 311 g/mol. The largest absolute Gasteiger partial charge is 0.391 e. The minimum absolute atomic E-state index is 0.233. The summed E-state index contributed by atoms with van der Waals surface area (Å²) in [6, 6.07) is 0. The van der Waals surface area contributed by atoms with E-state index in [4.69, 9.17) is 4.74 Å². The third-order valence-electron chi connectivity index (χ3n) is 4.18. The Labute approximate surface area is 126 Å². The number of aliphatic hydroxyl groups is 3. The lowest BCUT2D eigenvalue weighted by atomic mass is 9.94. The minimum Gasteiger partial charge on any atom is -0.391 e. The monoisotopic (exact) mass is 311 g/mol. The van der Waals surface area contributed by atoms with Crippen LogP contribution in [-0.2, 0) is 4.74 Å². The zero-order valence-electron chi connectivity index (χ0n) is 12.4. The van der Waals surface area contributed by atoms with Gasteiger partial charge in [-0.25, -0.2) is 14.4 Å². The zero-order chi connectivity index (χ0) is 16.2. The van der Waals surface area contributed by atoms with Crippen molar-refractivity contribution in [3.8, 4) is 0 Å². The highest BCUT2D eigenvalue weighted by Crippen LogP contribution is 2.41. The Hall–Kier alpha value is -1.61. The van der Waals surface area contributed by atoms with Gasteiger partial charge in [0.2, 0.25) is 0 Å². The summed E-state index contributed by atoms with van der Waals surface area (Å²) in [5.74, 6) is -0.539. The molecule has 120 valence electrons. The number of ether oxygens (including phenoxy) is 1. The summed E-state index contributed by atoms with van der Waals surface area (Å²) in [6.45, 7) is 4.48. The van der Waals surface area contributed by atoms with E-state index >= 15 is 0 Å². The third kappa shape index (κ3) is 2.03. The topological polar surface area (TPSA) is 101 Å². The molecular weight excluding hydrogens is 293 g/mol. The Morgan fingerprint density at radius 2 is 2.14 bits per heavy atom. The Balaban J connectivity index is 2.14. The number of aromatic nitrogens is 3. The second kappa shape index (κ2) is 4.95. The first-order valence-corrected chi connectivity index (χ1v) is 6.96. The van der Waals surface area contributed by atoms with Gasteiger partial charge in [-0.15, -0.1) is 0 Å². The summed E-state index contributed by atoms with van der Waals surface area (Å²) >= 11 is 0. The minimum atomic E-state index is -1.71. The van der Waals surface area contributed by atoms with Crippen molar-refractivity contribution in [2.75, 3.05) is 0 Å². The van der Waals surface area contributed by atoms with Crippen LogP contribution in [0.4, 0.5) is 4.39 Å². The van der Waals surface area contributed by atoms with E-state index in [0.29, 0.717) is 5.69 Å². The Morgan fingerprint density at radius 1 is 1.45 bits per heavy atom. The molecule has 0 bridgehead atoms. The molecule has 0 aromatic carbocycles. The summed E-state index contributed by atoms with van der Waals surface area (Å²) in [5, 5.41) is 30.6. The van der Waals surface area contributed by atoms with Crippen LogP contribution in [0.2, 0.25) is 0 Å². The van der Waals surface area contributed by atoms with Crippen molar-refractivity contribution >= 4 is 11.0 Å². The van der Waals surface area contributed by atoms with Gasteiger partial charge in [0, 0.05) is 6.20 Å². The molecule has 1 aliphatic rings. The molecule has 2 aromatic rings. The quantitative estimate of drug-likeness (QED) is 0.736. The highest BCUT2D eigenvalue weighted by molar-refractivity contribution is 5.79. The fraction of sp³-hybridized carbons (Fsp3) is 0.571. The van der Waals surface area contributed by atoms with Gasteiger partial charge in [0.25, 0.3) is 0 Å². The number of rotatable bonds is 2. The Kier molecular flexibility index (Phi) is 3.44. The van der Waals surface area contributed by atoms with Gasteiger partial charge in [0.15, 0.2) is 12.0 Å². The number of halogens is 1. The number of hydrogen-bond acceptors (Lipinski definition) is 6. The van der Waals surface area contributed by atoms with Gasteiger partial charge in [-0.05, 0) is 20.8 Å². The van der Waals surface area contributed by atoms with Gasteiger partial charge in [-0.2, -0.15) is 0 Å². The zero-order valence-corrected chi connectivity index (χ0v) is 12.4. The molecule has 1 saturated heterocycles. The van der Waals surface area contributed by atoms with Gasteiger partial charge in [-0.1, -0.05) is 0 Å². The van der Waals surface area contributed by atoms with E-state index in [1.54, 1.807) is 6.92 Å². The molecule has 8 heteroatoms.